The molecule has 3 N–H and O–H groups in total. The van der Waals surface area contributed by atoms with Crippen LogP contribution in [0.25, 0.3) is 0 Å². The highest BCUT2D eigenvalue weighted by molar-refractivity contribution is 5.48. The highest BCUT2D eigenvalue weighted by atomic mass is 19.1. The Balaban J connectivity index is 1.66. The summed E-state index contributed by atoms with van der Waals surface area (Å²) in [6.07, 6.45) is 4.49. The molecular weight excluding hydrogens is 253 g/mol. The zero-order valence-corrected chi connectivity index (χ0v) is 11.9. The Bertz CT molecular complexity index is 437. The van der Waals surface area contributed by atoms with E-state index in [9.17, 15) is 4.39 Å². The molecule has 1 atom stereocenters. The van der Waals surface area contributed by atoms with E-state index in [-0.39, 0.29) is 5.82 Å². The van der Waals surface area contributed by atoms with E-state index >= 15 is 0 Å². The summed E-state index contributed by atoms with van der Waals surface area (Å²) in [5, 5.41) is 10.0. The van der Waals surface area contributed by atoms with Crippen LogP contribution in [-0.4, -0.2) is 32.2 Å². The molecular formula is C16H24FN3. The maximum atomic E-state index is 14.3. The number of halogens is 1. The van der Waals surface area contributed by atoms with Gasteiger partial charge in [0.25, 0.3) is 0 Å². The van der Waals surface area contributed by atoms with E-state index in [0.29, 0.717) is 17.6 Å². The topological polar surface area (TPSA) is 36.1 Å². The molecule has 3 nitrogen and oxygen atoms in total. The molecule has 0 bridgehead atoms. The lowest BCUT2D eigenvalue weighted by Crippen LogP contribution is -2.38. The fourth-order valence-corrected chi connectivity index (χ4v) is 3.25. The van der Waals surface area contributed by atoms with Crippen molar-refractivity contribution >= 4 is 5.69 Å². The summed E-state index contributed by atoms with van der Waals surface area (Å²) in [4.78, 5) is 0. The number of nitrogens with one attached hydrogen (secondary N) is 3. The van der Waals surface area contributed by atoms with E-state index in [1.54, 1.807) is 6.07 Å². The van der Waals surface area contributed by atoms with Gasteiger partial charge in [-0.1, -0.05) is 6.07 Å². The maximum Gasteiger partial charge on any atom is 0.146 e. The molecule has 4 heteroatoms. The van der Waals surface area contributed by atoms with E-state index in [1.165, 1.54) is 0 Å². The normalized spacial score (nSPS) is 24.6. The zero-order chi connectivity index (χ0) is 13.8. The molecule has 20 heavy (non-hydrogen) atoms. The smallest absolute Gasteiger partial charge is 0.146 e. The van der Waals surface area contributed by atoms with E-state index in [1.807, 2.05) is 6.07 Å². The molecule has 2 heterocycles. The van der Waals surface area contributed by atoms with E-state index < -0.39 is 0 Å². The van der Waals surface area contributed by atoms with Crippen LogP contribution < -0.4 is 16.0 Å². The summed E-state index contributed by atoms with van der Waals surface area (Å²) in [6, 6.07) is 6.09. The maximum absolute atomic E-state index is 14.3. The van der Waals surface area contributed by atoms with E-state index in [4.69, 9.17) is 0 Å². The van der Waals surface area contributed by atoms with Crippen LogP contribution in [0.5, 0.6) is 0 Å². The standard InChI is InChI=1S/C16H24FN3/c17-15-10-13(12-5-8-18-9-6-12)3-4-16(15)20-14-2-1-7-19-11-14/h3-4,10,12,14,18-20H,1-2,5-9,11H2. The summed E-state index contributed by atoms with van der Waals surface area (Å²) >= 11 is 0. The van der Waals surface area contributed by atoms with Crippen LogP contribution in [0.3, 0.4) is 0 Å². The molecule has 2 aliphatic heterocycles. The quantitative estimate of drug-likeness (QED) is 0.794. The minimum Gasteiger partial charge on any atom is -0.379 e. The average molecular weight is 277 g/mol. The number of rotatable bonds is 3. The van der Waals surface area contributed by atoms with Gasteiger partial charge >= 0.3 is 0 Å². The fraction of sp³-hybridized carbons (Fsp3) is 0.625. The highest BCUT2D eigenvalue weighted by Gasteiger charge is 2.18. The molecule has 0 saturated carbocycles. The molecule has 3 rings (SSSR count). The van der Waals surface area contributed by atoms with Crippen molar-refractivity contribution in [1.82, 2.24) is 10.6 Å². The molecule has 0 aliphatic carbocycles. The third-order valence-corrected chi connectivity index (χ3v) is 4.46. The third kappa shape index (κ3) is 3.30. The Hall–Kier alpha value is -1.13. The summed E-state index contributed by atoms with van der Waals surface area (Å²) < 4.78 is 14.3. The Morgan fingerprint density at radius 3 is 2.60 bits per heavy atom. The summed E-state index contributed by atoms with van der Waals surface area (Å²) in [6.45, 7) is 4.09. The Morgan fingerprint density at radius 1 is 1.05 bits per heavy atom. The van der Waals surface area contributed by atoms with Crippen LogP contribution in [0.1, 0.15) is 37.2 Å². The second kappa shape index (κ2) is 6.55. The lowest BCUT2D eigenvalue weighted by molar-refractivity contribution is 0.458. The first-order valence-corrected chi connectivity index (χ1v) is 7.80. The van der Waals surface area contributed by atoms with Gasteiger partial charge in [-0.2, -0.15) is 0 Å². The SMILES string of the molecule is Fc1cc(C2CCNCC2)ccc1NC1CCCNC1. The molecule has 0 spiro atoms. The van der Waals surface area contributed by atoms with Crippen LogP contribution in [0.15, 0.2) is 18.2 Å². The Kier molecular flexibility index (Phi) is 4.53. The second-order valence-electron chi connectivity index (χ2n) is 5.95. The van der Waals surface area contributed by atoms with Gasteiger partial charge in [0, 0.05) is 12.6 Å². The van der Waals surface area contributed by atoms with Crippen LogP contribution in [0, 0.1) is 5.82 Å². The van der Waals surface area contributed by atoms with Crippen molar-refractivity contribution in [3.05, 3.63) is 29.6 Å². The van der Waals surface area contributed by atoms with Gasteiger partial charge in [0.1, 0.15) is 5.82 Å². The van der Waals surface area contributed by atoms with Crippen molar-refractivity contribution in [3.8, 4) is 0 Å². The second-order valence-corrected chi connectivity index (χ2v) is 5.95. The van der Waals surface area contributed by atoms with Crippen molar-refractivity contribution in [1.29, 1.82) is 0 Å². The van der Waals surface area contributed by atoms with E-state index in [2.05, 4.69) is 22.0 Å². The molecule has 2 aliphatic rings. The van der Waals surface area contributed by atoms with Crippen LogP contribution >= 0.6 is 0 Å². The van der Waals surface area contributed by atoms with Gasteiger partial charge in [0.15, 0.2) is 0 Å². The minimum absolute atomic E-state index is 0.105. The van der Waals surface area contributed by atoms with Crippen LogP contribution in [-0.2, 0) is 0 Å². The number of anilines is 1. The average Bonchev–Trinajstić information content (AvgIpc) is 2.51. The number of hydrogen-bond acceptors (Lipinski definition) is 3. The summed E-state index contributed by atoms with van der Waals surface area (Å²) in [5.74, 6) is 0.405. The fourth-order valence-electron chi connectivity index (χ4n) is 3.25. The predicted octanol–water partition coefficient (Wildman–Crippen LogP) is 2.46. The van der Waals surface area contributed by atoms with Crippen molar-refractivity contribution in [2.45, 2.75) is 37.6 Å². The molecule has 1 aromatic carbocycles. The first kappa shape index (κ1) is 13.8. The Morgan fingerprint density at radius 2 is 1.90 bits per heavy atom. The molecule has 0 amide bonds. The monoisotopic (exact) mass is 277 g/mol. The lowest BCUT2D eigenvalue weighted by atomic mass is 9.90. The molecule has 0 radical (unpaired) electrons. The van der Waals surface area contributed by atoms with Crippen LogP contribution in [0.2, 0.25) is 0 Å². The summed E-state index contributed by atoms with van der Waals surface area (Å²) in [5.41, 5.74) is 1.80. The summed E-state index contributed by atoms with van der Waals surface area (Å²) in [7, 11) is 0. The van der Waals surface area contributed by atoms with Crippen molar-refractivity contribution in [3.63, 3.8) is 0 Å². The third-order valence-electron chi connectivity index (χ3n) is 4.46. The first-order valence-electron chi connectivity index (χ1n) is 7.80. The molecule has 1 aromatic rings. The largest absolute Gasteiger partial charge is 0.379 e. The molecule has 2 saturated heterocycles. The molecule has 0 aromatic heterocycles. The van der Waals surface area contributed by atoms with Gasteiger partial charge < -0.3 is 16.0 Å². The van der Waals surface area contributed by atoms with E-state index in [0.717, 1.165) is 57.4 Å². The first-order chi connectivity index (χ1) is 9.83. The highest BCUT2D eigenvalue weighted by Crippen LogP contribution is 2.28. The van der Waals surface area contributed by atoms with Gasteiger partial charge in [0.2, 0.25) is 0 Å². The zero-order valence-electron chi connectivity index (χ0n) is 11.9. The number of benzene rings is 1. The lowest BCUT2D eigenvalue weighted by Gasteiger charge is -2.26. The van der Waals surface area contributed by atoms with Gasteiger partial charge in [-0.15, -0.1) is 0 Å². The number of piperidine rings is 2. The minimum atomic E-state index is -0.105. The van der Waals surface area contributed by atoms with Gasteiger partial charge in [-0.05, 0) is 68.9 Å². The van der Waals surface area contributed by atoms with Gasteiger partial charge in [-0.25, -0.2) is 4.39 Å². The van der Waals surface area contributed by atoms with Crippen molar-refractivity contribution < 1.29 is 4.39 Å². The number of hydrogen-bond donors (Lipinski definition) is 3. The Labute approximate surface area is 120 Å². The predicted molar refractivity (Wildman–Crippen MR) is 80.8 cm³/mol. The van der Waals surface area contributed by atoms with Crippen molar-refractivity contribution in [2.24, 2.45) is 0 Å². The van der Waals surface area contributed by atoms with Gasteiger partial charge in [0.05, 0.1) is 5.69 Å². The van der Waals surface area contributed by atoms with Crippen LogP contribution in [0.4, 0.5) is 10.1 Å². The van der Waals surface area contributed by atoms with Crippen molar-refractivity contribution in [2.75, 3.05) is 31.5 Å². The molecule has 2 fully saturated rings. The molecule has 110 valence electrons. The molecule has 1 unspecified atom stereocenters. The van der Waals surface area contributed by atoms with Gasteiger partial charge in [-0.3, -0.25) is 0 Å².